The Morgan fingerprint density at radius 2 is 1.83 bits per heavy atom. The lowest BCUT2D eigenvalue weighted by molar-refractivity contribution is -0.307. The number of aryl methyl sites for hydroxylation is 1. The van der Waals surface area contributed by atoms with Crippen molar-refractivity contribution < 1.29 is 9.90 Å². The van der Waals surface area contributed by atoms with Gasteiger partial charge >= 0.3 is 0 Å². The minimum absolute atomic E-state index is 0.523. The standard InChI is InChI=1S/C10H12O2/c1-7-3-5-9(6-4-7)8(2)10(11)12/h3-6,8H,1-2H3,(H,11,12)/p-1/t8-/m1/s1. The summed E-state index contributed by atoms with van der Waals surface area (Å²) >= 11 is 0. The molecule has 12 heavy (non-hydrogen) atoms. The number of hydrogen-bond donors (Lipinski definition) is 0. The third-order valence-corrected chi connectivity index (χ3v) is 1.93. The van der Waals surface area contributed by atoms with Crippen molar-refractivity contribution in [1.29, 1.82) is 0 Å². The van der Waals surface area contributed by atoms with Crippen LogP contribution in [0.1, 0.15) is 24.0 Å². The van der Waals surface area contributed by atoms with E-state index in [1.54, 1.807) is 6.92 Å². The minimum atomic E-state index is -1.03. The van der Waals surface area contributed by atoms with Crippen LogP contribution in [-0.4, -0.2) is 5.97 Å². The monoisotopic (exact) mass is 163 g/mol. The van der Waals surface area contributed by atoms with Crippen LogP contribution in [0.25, 0.3) is 0 Å². The predicted octanol–water partition coefficient (Wildman–Crippen LogP) is 0.848. The maximum atomic E-state index is 10.5. The second-order valence-electron chi connectivity index (χ2n) is 2.95. The summed E-state index contributed by atoms with van der Waals surface area (Å²) in [6.45, 7) is 3.59. The lowest BCUT2D eigenvalue weighted by Crippen LogP contribution is -2.27. The van der Waals surface area contributed by atoms with Gasteiger partial charge in [-0.15, -0.1) is 0 Å². The third kappa shape index (κ3) is 1.84. The van der Waals surface area contributed by atoms with E-state index in [4.69, 9.17) is 0 Å². The van der Waals surface area contributed by atoms with Crippen molar-refractivity contribution in [2.75, 3.05) is 0 Å². The van der Waals surface area contributed by atoms with Crippen LogP contribution in [0.3, 0.4) is 0 Å². The van der Waals surface area contributed by atoms with Crippen LogP contribution in [0.5, 0.6) is 0 Å². The molecular weight excluding hydrogens is 152 g/mol. The first-order valence-electron chi connectivity index (χ1n) is 3.88. The summed E-state index contributed by atoms with van der Waals surface area (Å²) in [5, 5.41) is 10.5. The molecule has 0 N–H and O–H groups in total. The summed E-state index contributed by atoms with van der Waals surface area (Å²) in [6.07, 6.45) is 0. The lowest BCUT2D eigenvalue weighted by atomic mass is 10.0. The highest BCUT2D eigenvalue weighted by molar-refractivity contribution is 5.73. The minimum Gasteiger partial charge on any atom is -0.550 e. The number of rotatable bonds is 2. The van der Waals surface area contributed by atoms with Crippen molar-refractivity contribution in [1.82, 2.24) is 0 Å². The van der Waals surface area contributed by atoms with E-state index in [0.29, 0.717) is 0 Å². The molecule has 2 nitrogen and oxygen atoms in total. The normalized spacial score (nSPS) is 12.5. The molecule has 0 aliphatic heterocycles. The van der Waals surface area contributed by atoms with E-state index in [2.05, 4.69) is 0 Å². The van der Waals surface area contributed by atoms with Crippen LogP contribution < -0.4 is 5.11 Å². The van der Waals surface area contributed by atoms with Crippen LogP contribution in [0.2, 0.25) is 0 Å². The van der Waals surface area contributed by atoms with Gasteiger partial charge in [-0.05, 0) is 12.5 Å². The van der Waals surface area contributed by atoms with Crippen molar-refractivity contribution in [3.63, 3.8) is 0 Å². The molecular formula is C10H11O2-. The van der Waals surface area contributed by atoms with Crippen LogP contribution >= 0.6 is 0 Å². The quantitative estimate of drug-likeness (QED) is 0.648. The number of hydrogen-bond acceptors (Lipinski definition) is 2. The van der Waals surface area contributed by atoms with E-state index < -0.39 is 11.9 Å². The van der Waals surface area contributed by atoms with Crippen molar-refractivity contribution in [2.45, 2.75) is 19.8 Å². The molecule has 0 radical (unpaired) electrons. The Morgan fingerprint density at radius 3 is 2.25 bits per heavy atom. The highest BCUT2D eigenvalue weighted by atomic mass is 16.4. The second kappa shape index (κ2) is 3.39. The zero-order valence-corrected chi connectivity index (χ0v) is 7.20. The Balaban J connectivity index is 2.89. The summed E-state index contributed by atoms with van der Waals surface area (Å²) in [6, 6.07) is 7.43. The molecule has 0 aromatic heterocycles. The van der Waals surface area contributed by atoms with Crippen LogP contribution in [0.15, 0.2) is 24.3 Å². The molecule has 0 saturated heterocycles. The Kier molecular flexibility index (Phi) is 2.48. The van der Waals surface area contributed by atoms with Crippen LogP contribution in [-0.2, 0) is 4.79 Å². The van der Waals surface area contributed by atoms with Crippen molar-refractivity contribution in [2.24, 2.45) is 0 Å². The van der Waals surface area contributed by atoms with Gasteiger partial charge in [0.2, 0.25) is 0 Å². The molecule has 2 heteroatoms. The largest absolute Gasteiger partial charge is 0.550 e. The van der Waals surface area contributed by atoms with E-state index in [9.17, 15) is 9.90 Å². The molecule has 64 valence electrons. The van der Waals surface area contributed by atoms with Gasteiger partial charge in [0.15, 0.2) is 0 Å². The van der Waals surface area contributed by atoms with Crippen molar-refractivity contribution in [3.8, 4) is 0 Å². The first-order valence-corrected chi connectivity index (χ1v) is 3.88. The number of carboxylic acid groups (broad SMARTS) is 1. The molecule has 0 heterocycles. The van der Waals surface area contributed by atoms with E-state index in [1.807, 2.05) is 31.2 Å². The molecule has 1 rings (SSSR count). The summed E-state index contributed by atoms with van der Waals surface area (Å²) in [4.78, 5) is 10.5. The number of carbonyl (C=O) groups is 1. The molecule has 0 aliphatic carbocycles. The average Bonchev–Trinajstić information content (AvgIpc) is 2.04. The lowest BCUT2D eigenvalue weighted by Gasteiger charge is -2.12. The van der Waals surface area contributed by atoms with Gasteiger partial charge in [-0.1, -0.05) is 36.8 Å². The Labute approximate surface area is 71.8 Å². The SMILES string of the molecule is Cc1ccc([C@@H](C)C(=O)[O-])cc1. The molecule has 0 bridgehead atoms. The fraction of sp³-hybridized carbons (Fsp3) is 0.300. The Bertz CT molecular complexity index is 274. The van der Waals surface area contributed by atoms with Gasteiger partial charge in [0.1, 0.15) is 0 Å². The smallest absolute Gasteiger partial charge is 0.0486 e. The molecule has 1 aromatic rings. The first kappa shape index (κ1) is 8.78. The van der Waals surface area contributed by atoms with Crippen molar-refractivity contribution >= 4 is 5.97 Å². The molecule has 0 saturated carbocycles. The second-order valence-corrected chi connectivity index (χ2v) is 2.95. The third-order valence-electron chi connectivity index (χ3n) is 1.93. The summed E-state index contributed by atoms with van der Waals surface area (Å²) in [5.74, 6) is -1.55. The van der Waals surface area contributed by atoms with Gasteiger partial charge in [0.25, 0.3) is 0 Å². The Hall–Kier alpha value is -1.31. The zero-order chi connectivity index (χ0) is 9.14. The predicted molar refractivity (Wildman–Crippen MR) is 44.6 cm³/mol. The van der Waals surface area contributed by atoms with Crippen LogP contribution in [0.4, 0.5) is 0 Å². The summed E-state index contributed by atoms with van der Waals surface area (Å²) in [5.41, 5.74) is 1.92. The molecule has 0 amide bonds. The maximum Gasteiger partial charge on any atom is 0.0486 e. The van der Waals surface area contributed by atoms with Gasteiger partial charge in [0.05, 0.1) is 0 Å². The summed E-state index contributed by atoms with van der Waals surface area (Å²) < 4.78 is 0. The van der Waals surface area contributed by atoms with E-state index in [1.165, 1.54) is 0 Å². The van der Waals surface area contributed by atoms with Gasteiger partial charge in [-0.2, -0.15) is 0 Å². The van der Waals surface area contributed by atoms with E-state index in [0.717, 1.165) is 11.1 Å². The topological polar surface area (TPSA) is 40.1 Å². The van der Waals surface area contributed by atoms with E-state index in [-0.39, 0.29) is 0 Å². The zero-order valence-electron chi connectivity index (χ0n) is 7.20. The number of carbonyl (C=O) groups excluding carboxylic acids is 1. The highest BCUT2D eigenvalue weighted by Crippen LogP contribution is 2.14. The molecule has 0 aliphatic rings. The van der Waals surface area contributed by atoms with Gasteiger partial charge in [-0.25, -0.2) is 0 Å². The number of carboxylic acids is 1. The Morgan fingerprint density at radius 1 is 1.33 bits per heavy atom. The van der Waals surface area contributed by atoms with Crippen molar-refractivity contribution in [3.05, 3.63) is 35.4 Å². The van der Waals surface area contributed by atoms with Gasteiger partial charge in [0, 0.05) is 11.9 Å². The summed E-state index contributed by atoms with van der Waals surface area (Å²) in [7, 11) is 0. The molecule has 0 unspecified atom stereocenters. The fourth-order valence-electron chi connectivity index (χ4n) is 0.991. The molecule has 0 fully saturated rings. The molecule has 1 aromatic carbocycles. The van der Waals surface area contributed by atoms with Gasteiger partial charge < -0.3 is 9.90 Å². The fourth-order valence-corrected chi connectivity index (χ4v) is 0.991. The highest BCUT2D eigenvalue weighted by Gasteiger charge is 2.04. The van der Waals surface area contributed by atoms with E-state index >= 15 is 0 Å². The number of aliphatic carboxylic acids is 1. The molecule has 1 atom stereocenters. The van der Waals surface area contributed by atoms with Gasteiger partial charge in [-0.3, -0.25) is 0 Å². The average molecular weight is 163 g/mol. The number of benzene rings is 1. The first-order chi connectivity index (χ1) is 5.61. The maximum absolute atomic E-state index is 10.5. The molecule has 0 spiro atoms. The van der Waals surface area contributed by atoms with Crippen LogP contribution in [0, 0.1) is 6.92 Å².